The fraction of sp³-hybridized carbons (Fsp3) is 0.100. The van der Waals surface area contributed by atoms with Gasteiger partial charge < -0.3 is 9.72 Å². The minimum atomic E-state index is -0.395. The quantitative estimate of drug-likeness (QED) is 0.742. The van der Waals surface area contributed by atoms with Crippen LogP contribution in [0.4, 0.5) is 4.39 Å². The number of aromatic amines is 1. The van der Waals surface area contributed by atoms with Gasteiger partial charge in [0.25, 0.3) is 0 Å². The van der Waals surface area contributed by atoms with Gasteiger partial charge >= 0.3 is 0 Å². The Morgan fingerprint density at radius 1 is 1.50 bits per heavy atom. The number of ether oxygens (including phenoxy) is 1. The molecule has 0 aliphatic carbocycles. The number of carbonyl (C=O) groups is 1. The number of nitrogens with one attached hydrogen (secondary N) is 1. The third kappa shape index (κ3) is 1.16. The van der Waals surface area contributed by atoms with E-state index in [4.69, 9.17) is 4.74 Å². The minimum absolute atomic E-state index is 0.298. The van der Waals surface area contributed by atoms with Crippen molar-refractivity contribution in [2.75, 3.05) is 7.11 Å². The monoisotopic (exact) mass is 193 g/mol. The maximum Gasteiger partial charge on any atom is 0.166 e. The van der Waals surface area contributed by atoms with Gasteiger partial charge in [0.1, 0.15) is 11.6 Å². The third-order valence-corrected chi connectivity index (χ3v) is 2.07. The van der Waals surface area contributed by atoms with E-state index in [0.29, 0.717) is 28.6 Å². The summed E-state index contributed by atoms with van der Waals surface area (Å²) in [6, 6.07) is 4.39. The van der Waals surface area contributed by atoms with Crippen LogP contribution in [0.25, 0.3) is 10.9 Å². The molecular weight excluding hydrogens is 185 g/mol. The van der Waals surface area contributed by atoms with Crippen molar-refractivity contribution in [3.05, 3.63) is 29.7 Å². The van der Waals surface area contributed by atoms with Crippen LogP contribution in [0.3, 0.4) is 0 Å². The van der Waals surface area contributed by atoms with Crippen LogP contribution in [-0.2, 0) is 0 Å². The van der Waals surface area contributed by atoms with Crippen molar-refractivity contribution in [1.82, 2.24) is 4.98 Å². The average molecular weight is 193 g/mol. The number of hydrogen-bond acceptors (Lipinski definition) is 2. The molecule has 0 bridgehead atoms. The van der Waals surface area contributed by atoms with Crippen molar-refractivity contribution in [3.8, 4) is 5.75 Å². The third-order valence-electron chi connectivity index (χ3n) is 2.07. The average Bonchev–Trinajstić information content (AvgIpc) is 2.63. The van der Waals surface area contributed by atoms with E-state index >= 15 is 0 Å². The second kappa shape index (κ2) is 3.14. The molecule has 2 rings (SSSR count). The lowest BCUT2D eigenvalue weighted by molar-refractivity contribution is 0.112. The van der Waals surface area contributed by atoms with E-state index in [-0.39, 0.29) is 0 Å². The number of aldehydes is 1. The summed E-state index contributed by atoms with van der Waals surface area (Å²) in [5, 5.41) is 0.578. The van der Waals surface area contributed by atoms with Crippen molar-refractivity contribution in [1.29, 1.82) is 0 Å². The Labute approximate surface area is 79.5 Å². The summed E-state index contributed by atoms with van der Waals surface area (Å²) in [6.45, 7) is 0. The number of hydrogen-bond donors (Lipinski definition) is 1. The highest BCUT2D eigenvalue weighted by molar-refractivity contribution is 5.92. The first-order chi connectivity index (χ1) is 6.76. The molecule has 0 saturated heterocycles. The fourth-order valence-corrected chi connectivity index (χ4v) is 1.42. The van der Waals surface area contributed by atoms with Crippen molar-refractivity contribution < 1.29 is 13.9 Å². The predicted octanol–water partition coefficient (Wildman–Crippen LogP) is 2.13. The lowest BCUT2D eigenvalue weighted by atomic mass is 10.2. The summed E-state index contributed by atoms with van der Waals surface area (Å²) in [7, 11) is 1.50. The van der Waals surface area contributed by atoms with Crippen LogP contribution in [0.5, 0.6) is 5.75 Å². The molecule has 0 saturated carbocycles. The largest absolute Gasteiger partial charge is 0.496 e. The molecule has 0 amide bonds. The number of carbonyl (C=O) groups excluding carboxylic acids is 1. The van der Waals surface area contributed by atoms with Gasteiger partial charge in [0.15, 0.2) is 6.29 Å². The van der Waals surface area contributed by atoms with Crippen LogP contribution < -0.4 is 4.74 Å². The van der Waals surface area contributed by atoms with Crippen LogP contribution in [0.15, 0.2) is 18.2 Å². The second-order valence-corrected chi connectivity index (χ2v) is 2.88. The molecule has 72 valence electrons. The number of methoxy groups -OCH3 is 1. The maximum absolute atomic E-state index is 13.2. The molecule has 2 aromatic rings. The first kappa shape index (κ1) is 8.74. The highest BCUT2D eigenvalue weighted by Crippen LogP contribution is 2.27. The molecule has 1 heterocycles. The minimum Gasteiger partial charge on any atom is -0.496 e. The van der Waals surface area contributed by atoms with Crippen molar-refractivity contribution in [3.63, 3.8) is 0 Å². The summed E-state index contributed by atoms with van der Waals surface area (Å²) in [4.78, 5) is 13.2. The zero-order chi connectivity index (χ0) is 10.1. The zero-order valence-corrected chi connectivity index (χ0v) is 7.50. The molecule has 1 aromatic heterocycles. The van der Waals surface area contributed by atoms with E-state index in [9.17, 15) is 9.18 Å². The molecule has 0 radical (unpaired) electrons. The maximum atomic E-state index is 13.2. The number of fused-ring (bicyclic) bond motifs is 1. The Bertz CT molecular complexity index is 490. The van der Waals surface area contributed by atoms with E-state index in [1.165, 1.54) is 19.2 Å². The van der Waals surface area contributed by atoms with Gasteiger partial charge in [0.05, 0.1) is 18.3 Å². The molecule has 0 aliphatic rings. The molecule has 4 heteroatoms. The second-order valence-electron chi connectivity index (χ2n) is 2.88. The summed E-state index contributed by atoms with van der Waals surface area (Å²) in [6.07, 6.45) is 0.638. The topological polar surface area (TPSA) is 42.1 Å². The lowest BCUT2D eigenvalue weighted by Gasteiger charge is -2.00. The summed E-state index contributed by atoms with van der Waals surface area (Å²) >= 11 is 0. The van der Waals surface area contributed by atoms with Gasteiger partial charge in [0.2, 0.25) is 0 Å². The number of rotatable bonds is 2. The van der Waals surface area contributed by atoms with Gasteiger partial charge in [-0.1, -0.05) is 0 Å². The van der Waals surface area contributed by atoms with Crippen LogP contribution >= 0.6 is 0 Å². The summed E-state index contributed by atoms with van der Waals surface area (Å²) in [5.41, 5.74) is 0.634. The van der Waals surface area contributed by atoms with Gasteiger partial charge in [-0.25, -0.2) is 4.39 Å². The van der Waals surface area contributed by atoms with Crippen LogP contribution in [0.1, 0.15) is 10.5 Å². The van der Waals surface area contributed by atoms with Gasteiger partial charge in [-0.3, -0.25) is 4.79 Å². The molecule has 1 N–H and O–H groups in total. The Morgan fingerprint density at radius 3 is 2.93 bits per heavy atom. The normalized spacial score (nSPS) is 10.4. The van der Waals surface area contributed by atoms with Gasteiger partial charge in [-0.2, -0.15) is 0 Å². The molecule has 0 spiro atoms. The summed E-state index contributed by atoms with van der Waals surface area (Å²) in [5.74, 6) is 0.152. The smallest absolute Gasteiger partial charge is 0.166 e. The standard InChI is InChI=1S/C10H8FNO2/c1-14-9-3-2-8(11)10-7(9)4-6(5-13)12-10/h2-5,12H,1H3. The Hall–Kier alpha value is -1.84. The lowest BCUT2D eigenvalue weighted by Crippen LogP contribution is -1.85. The molecular formula is C10H8FNO2. The Balaban J connectivity index is 2.81. The van der Waals surface area contributed by atoms with E-state index in [0.717, 1.165) is 0 Å². The van der Waals surface area contributed by atoms with Crippen LogP contribution in [0, 0.1) is 5.82 Å². The molecule has 0 aliphatic heterocycles. The van der Waals surface area contributed by atoms with Crippen LogP contribution in [-0.4, -0.2) is 18.4 Å². The van der Waals surface area contributed by atoms with Crippen molar-refractivity contribution in [2.45, 2.75) is 0 Å². The number of aromatic nitrogens is 1. The molecule has 3 nitrogen and oxygen atoms in total. The van der Waals surface area contributed by atoms with Crippen LogP contribution in [0.2, 0.25) is 0 Å². The Kier molecular flexibility index (Phi) is 1.96. The Morgan fingerprint density at radius 2 is 2.29 bits per heavy atom. The number of benzene rings is 1. The van der Waals surface area contributed by atoms with E-state index in [1.54, 1.807) is 6.07 Å². The zero-order valence-electron chi connectivity index (χ0n) is 7.50. The fourth-order valence-electron chi connectivity index (χ4n) is 1.42. The van der Waals surface area contributed by atoms with Gasteiger partial charge in [-0.05, 0) is 18.2 Å². The number of halogens is 1. The SMILES string of the molecule is COc1ccc(F)c2[nH]c(C=O)cc12. The van der Waals surface area contributed by atoms with E-state index in [2.05, 4.69) is 4.98 Å². The van der Waals surface area contributed by atoms with Gasteiger partial charge in [0, 0.05) is 5.39 Å². The van der Waals surface area contributed by atoms with Gasteiger partial charge in [-0.15, -0.1) is 0 Å². The first-order valence-corrected chi connectivity index (χ1v) is 4.06. The molecule has 0 fully saturated rings. The highest BCUT2D eigenvalue weighted by Gasteiger charge is 2.09. The molecule has 1 aromatic carbocycles. The molecule has 0 atom stereocenters. The highest BCUT2D eigenvalue weighted by atomic mass is 19.1. The molecule has 14 heavy (non-hydrogen) atoms. The first-order valence-electron chi connectivity index (χ1n) is 4.06. The van der Waals surface area contributed by atoms with E-state index < -0.39 is 5.82 Å². The van der Waals surface area contributed by atoms with Crippen molar-refractivity contribution >= 4 is 17.2 Å². The molecule has 0 unspecified atom stereocenters. The summed E-state index contributed by atoms with van der Waals surface area (Å²) < 4.78 is 18.3. The van der Waals surface area contributed by atoms with Crippen molar-refractivity contribution in [2.24, 2.45) is 0 Å². The number of H-pyrrole nitrogens is 1. The van der Waals surface area contributed by atoms with E-state index in [1.807, 2.05) is 0 Å². The predicted molar refractivity (Wildman–Crippen MR) is 50.2 cm³/mol.